The quantitative estimate of drug-likeness (QED) is 0.0736. The zero-order valence-corrected chi connectivity index (χ0v) is 69.7. The second-order valence-electron chi connectivity index (χ2n) is 30.4. The van der Waals surface area contributed by atoms with E-state index in [0.717, 1.165) is 5.96 Å². The van der Waals surface area contributed by atoms with Gasteiger partial charge in [0.25, 0.3) is 0 Å². The van der Waals surface area contributed by atoms with Crippen LogP contribution in [-0.2, 0) is 52.4 Å². The largest absolute Gasteiger partial charge is 4.00 e. The summed E-state index contributed by atoms with van der Waals surface area (Å²) in [6, 6.07) is 35.1. The van der Waals surface area contributed by atoms with Crippen LogP contribution in [0.15, 0.2) is 102 Å². The number of fused-ring (bicyclic) bond motifs is 6. The number of para-hydroxylation sites is 4. The van der Waals surface area contributed by atoms with Gasteiger partial charge in [0.2, 0.25) is 5.96 Å². The van der Waals surface area contributed by atoms with E-state index in [1.165, 1.54) is 43.6 Å². The summed E-state index contributed by atoms with van der Waals surface area (Å²) in [5, 5.41) is 18.3. The van der Waals surface area contributed by atoms with Crippen molar-refractivity contribution in [3.05, 3.63) is 154 Å². The third-order valence-corrected chi connectivity index (χ3v) is 7.30. The Labute approximate surface area is 549 Å². The van der Waals surface area contributed by atoms with Crippen LogP contribution in [0, 0.1) is 45.8 Å². The predicted molar refractivity (Wildman–Crippen MR) is 392 cm³/mol. The van der Waals surface area contributed by atoms with Crippen LogP contribution >= 0.6 is 0 Å². The van der Waals surface area contributed by atoms with Crippen molar-refractivity contribution in [3.63, 3.8) is 0 Å². The van der Waals surface area contributed by atoms with E-state index >= 15 is 0 Å². The Kier molecular flexibility index (Phi) is 44.5. The molecular formula is C66H123N6Si7Zr2-5. The van der Waals surface area contributed by atoms with Crippen molar-refractivity contribution in [2.24, 2.45) is 4.99 Å². The normalized spacial score (nSPS) is 12.0. The van der Waals surface area contributed by atoms with Crippen LogP contribution in [0.2, 0.25) is 137 Å². The molecule has 6 aromatic rings. The summed E-state index contributed by atoms with van der Waals surface area (Å²) in [4.78, 5) is 4.83. The molecule has 0 saturated heterocycles. The molecule has 81 heavy (non-hydrogen) atoms. The molecule has 0 unspecified atom stereocenters. The van der Waals surface area contributed by atoms with Crippen LogP contribution in [0.3, 0.4) is 0 Å². The Morgan fingerprint density at radius 1 is 0.383 bits per heavy atom. The van der Waals surface area contributed by atoms with Gasteiger partial charge in [0.05, 0.1) is 11.0 Å². The van der Waals surface area contributed by atoms with Gasteiger partial charge in [-0.25, -0.2) is 4.99 Å². The molecule has 0 bridgehead atoms. The number of hydrogen-bond donors (Lipinski definition) is 1. The molecule has 1 N–H and O–H groups in total. The molecule has 0 saturated carbocycles. The van der Waals surface area contributed by atoms with Gasteiger partial charge in [-0.2, -0.15) is 6.29 Å². The summed E-state index contributed by atoms with van der Waals surface area (Å²) >= 11 is 0. The molecule has 6 nitrogen and oxygen atoms in total. The second-order valence-corrected chi connectivity index (χ2v) is 66.2. The molecule has 0 radical (unpaired) electrons. The Balaban J connectivity index is -0.000000299. The molecule has 0 aliphatic rings. The van der Waals surface area contributed by atoms with E-state index in [9.17, 15) is 0 Å². The van der Waals surface area contributed by atoms with E-state index in [1.807, 2.05) is 0 Å². The van der Waals surface area contributed by atoms with Crippen LogP contribution in [0.25, 0.3) is 54.2 Å². The van der Waals surface area contributed by atoms with Gasteiger partial charge in [0.1, 0.15) is 0 Å². The van der Waals surface area contributed by atoms with E-state index in [2.05, 4.69) is 350 Å². The van der Waals surface area contributed by atoms with Crippen molar-refractivity contribution in [3.8, 4) is 0 Å². The number of aliphatic imine (C=N–C) groups is 1. The summed E-state index contributed by atoms with van der Waals surface area (Å²) in [7, 11) is -6.03. The summed E-state index contributed by atoms with van der Waals surface area (Å²) in [6.07, 6.45) is -0.176. The maximum absolute atomic E-state index is 4.86. The van der Waals surface area contributed by atoms with Crippen LogP contribution in [0.5, 0.6) is 0 Å². The van der Waals surface area contributed by atoms with Gasteiger partial charge in [0, 0.05) is 70.9 Å². The molecule has 0 aliphatic heterocycles. The van der Waals surface area contributed by atoms with Crippen LogP contribution < -0.4 is 5.32 Å². The molecule has 15 heteroatoms. The first-order valence-electron chi connectivity index (χ1n) is 28.8. The first-order valence-corrected chi connectivity index (χ1v) is 54.8. The number of hydrogen-bond acceptors (Lipinski definition) is 1. The second kappa shape index (κ2) is 40.6. The smallest absolute Gasteiger partial charge is 0.658 e. The van der Waals surface area contributed by atoms with Crippen molar-refractivity contribution >= 4 is 106 Å². The van der Waals surface area contributed by atoms with E-state index in [4.69, 9.17) is 15.6 Å². The van der Waals surface area contributed by atoms with Gasteiger partial charge in [0.15, 0.2) is 0 Å². The fourth-order valence-electron chi connectivity index (χ4n) is 5.72. The first kappa shape index (κ1) is 88.9. The minimum atomic E-state index is -0.861. The summed E-state index contributed by atoms with van der Waals surface area (Å²) < 4.78 is 4.51. The fourth-order valence-corrected chi connectivity index (χ4v) is 5.72. The topological polar surface area (TPSA) is 62.5 Å². The molecule has 2 aromatic heterocycles. The van der Waals surface area contributed by atoms with E-state index in [1.54, 1.807) is 0 Å². The molecule has 6 rings (SSSR count). The molecule has 0 spiro atoms. The average Bonchev–Trinajstić information content (AvgIpc) is 3.69. The molecule has 0 atom stereocenters. The molecular weight excluding hydrogens is 1260 g/mol. The van der Waals surface area contributed by atoms with Crippen LogP contribution in [0.4, 0.5) is 0 Å². The standard InChI is InChI=1S/2C19H23N3.7C4H11Si.2Zr/c2*1-13(2)20-19(21-14(3)4)22-17-11-7-5-9-15(17)16-10-6-8-12-18(16)22;7*1-5(2,3)4;;/h5-14H,1-4H3,(H,20,21);5-14,19H,1-4H3;7*1H2,2-4H3;;/q;-2;7*-1;;+4. The average molecular weight is 1380 g/mol. The van der Waals surface area contributed by atoms with Crippen molar-refractivity contribution < 1.29 is 52.4 Å². The van der Waals surface area contributed by atoms with Crippen LogP contribution in [0.1, 0.15) is 61.7 Å². The summed E-state index contributed by atoms with van der Waals surface area (Å²) in [5.41, 5.74) is 4.78. The summed E-state index contributed by atoms with van der Waals surface area (Å²) in [5.74, 6) is 0.919. The van der Waals surface area contributed by atoms with Crippen LogP contribution in [-0.4, -0.2) is 95.8 Å². The Morgan fingerprint density at radius 3 is 0.778 bits per heavy atom. The molecule has 0 fully saturated rings. The van der Waals surface area contributed by atoms with Gasteiger partial charge in [-0.05, 0) is 52.0 Å². The number of rotatable bonds is 7. The third kappa shape index (κ3) is 56.7. The number of nitrogens with one attached hydrogen (secondary N) is 1. The molecule has 2 heterocycles. The minimum absolute atomic E-state index is 0. The number of benzene rings is 4. The van der Waals surface area contributed by atoms with Gasteiger partial charge in [-0.3, -0.25) is 4.57 Å². The zero-order valence-electron chi connectivity index (χ0n) is 57.8. The monoisotopic (exact) mass is 1380 g/mol. The van der Waals surface area contributed by atoms with Gasteiger partial charge in [-0.1, -0.05) is 238 Å². The number of aromatic nitrogens is 2. The number of nitrogens with zero attached hydrogens (tertiary/aromatic N) is 5. The summed E-state index contributed by atoms with van der Waals surface area (Å²) in [6.45, 7) is 90.8. The SMILES string of the molecule is CC(C)N=C(NC(C)C)n1c2ccccc2c2ccccc21.CC(C)[N-]C([N-]C(C)C)n1c2ccccc2c2ccccc21.[CH2-][Si](C)(C)C.[CH2-][Si](C)(C)C.[CH2-][Si](C)(C)C.[CH2-][Si](C)(C)C.[CH2-][Si](C)(C)C.[CH2-][Si](C)(C)C.[CH2-][Si](C)(C)C.[Zr+4].[Zr]. The van der Waals surface area contributed by atoms with Gasteiger partial charge >= 0.3 is 26.2 Å². The first-order chi connectivity index (χ1) is 35.2. The van der Waals surface area contributed by atoms with Crippen molar-refractivity contribution in [1.29, 1.82) is 0 Å². The Bertz CT molecular complexity index is 2310. The Hall–Kier alpha value is -0.846. The van der Waals surface area contributed by atoms with E-state index in [0.29, 0.717) is 6.04 Å². The van der Waals surface area contributed by atoms with Crippen molar-refractivity contribution in [1.82, 2.24) is 14.5 Å². The van der Waals surface area contributed by atoms with Crippen molar-refractivity contribution in [2.45, 2.75) is 223 Å². The van der Waals surface area contributed by atoms with Gasteiger partial charge < -0.3 is 66.3 Å². The predicted octanol–water partition coefficient (Wildman–Crippen LogP) is 22.1. The molecule has 0 amide bonds. The third-order valence-electron chi connectivity index (χ3n) is 7.30. The zero-order chi connectivity index (χ0) is 62.9. The molecule has 4 aromatic carbocycles. The molecule has 458 valence electrons. The van der Waals surface area contributed by atoms with Gasteiger partial charge in [-0.15, -0.1) is 68.6 Å². The maximum atomic E-state index is 4.86. The van der Waals surface area contributed by atoms with E-state index < -0.39 is 56.5 Å². The minimum Gasteiger partial charge on any atom is -0.658 e. The Morgan fingerprint density at radius 2 is 0.580 bits per heavy atom. The maximum Gasteiger partial charge on any atom is 4.00 e. The molecule has 0 aliphatic carbocycles. The van der Waals surface area contributed by atoms with Crippen molar-refractivity contribution in [2.75, 3.05) is 0 Å². The fraction of sp³-hybridized carbons (Fsp3) is 0.515. The van der Waals surface area contributed by atoms with E-state index in [-0.39, 0.29) is 76.8 Å².